The maximum atomic E-state index is 13.4. The number of hydrogen-bond acceptors (Lipinski definition) is 8. The number of benzene rings is 3. The van der Waals surface area contributed by atoms with Gasteiger partial charge < -0.3 is 34.9 Å². The third-order valence-corrected chi connectivity index (χ3v) is 5.26. The Morgan fingerprint density at radius 2 is 1.42 bits per heavy atom. The van der Waals surface area contributed by atoms with E-state index < -0.39 is 11.8 Å². The second-order valence-corrected chi connectivity index (χ2v) is 8.02. The molecule has 3 aromatic carbocycles. The van der Waals surface area contributed by atoms with Crippen LogP contribution in [0.15, 0.2) is 67.0 Å². The van der Waals surface area contributed by atoms with Gasteiger partial charge in [0, 0.05) is 42.7 Å². The fourth-order valence-corrected chi connectivity index (χ4v) is 3.53. The van der Waals surface area contributed by atoms with E-state index >= 15 is 0 Å². The Bertz CT molecular complexity index is 1390. The number of nitrogens with zero attached hydrogens (tertiary/aromatic N) is 2. The van der Waals surface area contributed by atoms with Crippen molar-refractivity contribution in [2.24, 2.45) is 0 Å². The lowest BCUT2D eigenvalue weighted by Crippen LogP contribution is -2.19. The molecule has 0 aliphatic rings. The van der Waals surface area contributed by atoms with Gasteiger partial charge in [0.25, 0.3) is 0 Å². The fourth-order valence-electron chi connectivity index (χ4n) is 3.53. The van der Waals surface area contributed by atoms with Crippen molar-refractivity contribution in [1.29, 1.82) is 0 Å². The first-order chi connectivity index (χ1) is 18.6. The van der Waals surface area contributed by atoms with E-state index in [0.29, 0.717) is 71.7 Å². The van der Waals surface area contributed by atoms with Crippen molar-refractivity contribution in [2.45, 2.75) is 0 Å². The van der Waals surface area contributed by atoms with E-state index in [-0.39, 0.29) is 0 Å². The molecule has 0 unspecified atom stereocenters. The van der Waals surface area contributed by atoms with Gasteiger partial charge in [-0.05, 0) is 42.5 Å². The number of hydrogen-bond donors (Lipinski definition) is 3. The number of carbonyl (C=O) groups excluding carboxylic acids is 1. The number of anilines is 4. The summed E-state index contributed by atoms with van der Waals surface area (Å²) in [5, 5.41) is 9.32. The topological polar surface area (TPSA) is 116 Å². The Balaban J connectivity index is 1.53. The summed E-state index contributed by atoms with van der Waals surface area (Å²) in [4.78, 5) is 21.2. The highest BCUT2D eigenvalue weighted by Gasteiger charge is 2.13. The van der Waals surface area contributed by atoms with Crippen molar-refractivity contribution in [2.75, 3.05) is 56.6 Å². The van der Waals surface area contributed by atoms with Gasteiger partial charge in [-0.2, -0.15) is 0 Å². The SMILES string of the molecule is COCCOc1cc2ncnc(Nc3cccc(NC(=O)Nc4cccc(F)c4)c3)c2cc1OCCOC. The summed E-state index contributed by atoms with van der Waals surface area (Å²) in [5.41, 5.74) is 2.20. The minimum absolute atomic E-state index is 0.338. The van der Waals surface area contributed by atoms with E-state index in [0.717, 1.165) is 0 Å². The van der Waals surface area contributed by atoms with Crippen molar-refractivity contribution in [3.63, 3.8) is 0 Å². The second kappa shape index (κ2) is 13.2. The van der Waals surface area contributed by atoms with E-state index in [1.54, 1.807) is 44.6 Å². The molecule has 198 valence electrons. The third kappa shape index (κ3) is 7.28. The van der Waals surface area contributed by atoms with Crippen LogP contribution in [-0.4, -0.2) is 56.6 Å². The molecular formula is C27H28FN5O5. The maximum absolute atomic E-state index is 13.4. The molecule has 38 heavy (non-hydrogen) atoms. The number of carbonyl (C=O) groups is 1. The number of aromatic nitrogens is 2. The quantitative estimate of drug-likeness (QED) is 0.218. The Hall–Kier alpha value is -4.48. The second-order valence-electron chi connectivity index (χ2n) is 8.02. The zero-order valence-electron chi connectivity index (χ0n) is 21.0. The zero-order chi connectivity index (χ0) is 26.7. The molecule has 1 aromatic heterocycles. The molecular weight excluding hydrogens is 493 g/mol. The van der Waals surface area contributed by atoms with E-state index in [1.807, 2.05) is 12.1 Å². The molecule has 4 aromatic rings. The molecule has 0 aliphatic carbocycles. The highest BCUT2D eigenvalue weighted by Crippen LogP contribution is 2.35. The predicted octanol–water partition coefficient (Wildman–Crippen LogP) is 5.21. The molecule has 0 saturated heterocycles. The van der Waals surface area contributed by atoms with Crippen LogP contribution in [0.2, 0.25) is 0 Å². The highest BCUT2D eigenvalue weighted by molar-refractivity contribution is 6.00. The Morgan fingerprint density at radius 1 is 0.789 bits per heavy atom. The standard InChI is InChI=1S/C27H28FN5O5/c1-35-9-11-37-24-15-22-23(16-25(24)38-12-10-36-2)29-17-30-26(22)31-20-7-4-8-21(14-20)33-27(34)32-19-6-3-5-18(28)13-19/h3-8,13-17H,9-12H2,1-2H3,(H,29,30,31)(H2,32,33,34). The van der Waals surface area contributed by atoms with Gasteiger partial charge in [-0.1, -0.05) is 12.1 Å². The Kier molecular flexibility index (Phi) is 9.22. The van der Waals surface area contributed by atoms with Crippen molar-refractivity contribution >= 4 is 39.8 Å². The molecule has 0 fully saturated rings. The minimum atomic E-state index is -0.501. The molecule has 0 aliphatic heterocycles. The first-order valence-corrected chi connectivity index (χ1v) is 11.8. The predicted molar refractivity (Wildman–Crippen MR) is 143 cm³/mol. The van der Waals surface area contributed by atoms with Crippen molar-refractivity contribution < 1.29 is 28.1 Å². The van der Waals surface area contributed by atoms with Crippen molar-refractivity contribution in [3.8, 4) is 11.5 Å². The number of fused-ring (bicyclic) bond motifs is 1. The smallest absolute Gasteiger partial charge is 0.323 e. The van der Waals surface area contributed by atoms with Gasteiger partial charge in [0.1, 0.15) is 31.2 Å². The lowest BCUT2D eigenvalue weighted by atomic mass is 10.2. The van der Waals surface area contributed by atoms with Crippen LogP contribution in [0.5, 0.6) is 11.5 Å². The molecule has 11 heteroatoms. The van der Waals surface area contributed by atoms with Gasteiger partial charge in [-0.3, -0.25) is 0 Å². The van der Waals surface area contributed by atoms with Gasteiger partial charge in [-0.25, -0.2) is 19.2 Å². The maximum Gasteiger partial charge on any atom is 0.323 e. The summed E-state index contributed by atoms with van der Waals surface area (Å²) < 4.78 is 35.3. The van der Waals surface area contributed by atoms with E-state index in [4.69, 9.17) is 18.9 Å². The lowest BCUT2D eigenvalue weighted by Gasteiger charge is -2.15. The zero-order valence-corrected chi connectivity index (χ0v) is 21.0. The van der Waals surface area contributed by atoms with Crippen LogP contribution in [0.3, 0.4) is 0 Å². The number of rotatable bonds is 12. The Morgan fingerprint density at radius 3 is 2.11 bits per heavy atom. The molecule has 0 saturated carbocycles. The van der Waals surface area contributed by atoms with Crippen LogP contribution >= 0.6 is 0 Å². The van der Waals surface area contributed by atoms with Crippen LogP contribution < -0.4 is 25.4 Å². The number of methoxy groups -OCH3 is 2. The molecule has 10 nitrogen and oxygen atoms in total. The molecule has 1 heterocycles. The van der Waals surface area contributed by atoms with Crippen molar-refractivity contribution in [1.82, 2.24) is 9.97 Å². The van der Waals surface area contributed by atoms with Crippen LogP contribution in [0.1, 0.15) is 0 Å². The summed E-state index contributed by atoms with van der Waals surface area (Å²) in [6.45, 7) is 1.53. The first kappa shape index (κ1) is 26.6. The summed E-state index contributed by atoms with van der Waals surface area (Å²) >= 11 is 0. The molecule has 0 radical (unpaired) electrons. The fraction of sp³-hybridized carbons (Fsp3) is 0.222. The summed E-state index contributed by atoms with van der Waals surface area (Å²) in [6.07, 6.45) is 1.45. The normalized spacial score (nSPS) is 10.7. The molecule has 0 spiro atoms. The molecule has 0 atom stereocenters. The number of nitrogens with one attached hydrogen (secondary N) is 3. The Labute approximate surface area is 219 Å². The monoisotopic (exact) mass is 521 g/mol. The van der Waals surface area contributed by atoms with Gasteiger partial charge in [0.2, 0.25) is 0 Å². The number of halogens is 1. The number of urea groups is 1. The van der Waals surface area contributed by atoms with Gasteiger partial charge >= 0.3 is 6.03 Å². The van der Waals surface area contributed by atoms with Crippen molar-refractivity contribution in [3.05, 3.63) is 72.8 Å². The number of amides is 2. The average Bonchev–Trinajstić information content (AvgIpc) is 2.89. The van der Waals surface area contributed by atoms with Gasteiger partial charge in [0.15, 0.2) is 11.5 Å². The molecule has 0 bridgehead atoms. The number of ether oxygens (including phenoxy) is 4. The van der Waals surface area contributed by atoms with Crippen LogP contribution in [0.4, 0.5) is 32.1 Å². The van der Waals surface area contributed by atoms with E-state index in [2.05, 4.69) is 25.9 Å². The third-order valence-electron chi connectivity index (χ3n) is 5.26. The van der Waals surface area contributed by atoms with E-state index in [9.17, 15) is 9.18 Å². The largest absolute Gasteiger partial charge is 0.487 e. The highest BCUT2D eigenvalue weighted by atomic mass is 19.1. The molecule has 3 N–H and O–H groups in total. The summed E-state index contributed by atoms with van der Waals surface area (Å²) in [7, 11) is 3.20. The van der Waals surface area contributed by atoms with Gasteiger partial charge in [-0.15, -0.1) is 0 Å². The lowest BCUT2D eigenvalue weighted by molar-refractivity contribution is 0.132. The summed E-state index contributed by atoms with van der Waals surface area (Å²) in [6, 6.07) is 15.9. The molecule has 2 amide bonds. The molecule has 4 rings (SSSR count). The van der Waals surface area contributed by atoms with Crippen LogP contribution in [0, 0.1) is 5.82 Å². The first-order valence-electron chi connectivity index (χ1n) is 11.8. The van der Waals surface area contributed by atoms with Crippen LogP contribution in [-0.2, 0) is 9.47 Å². The average molecular weight is 522 g/mol. The van der Waals surface area contributed by atoms with E-state index in [1.165, 1.54) is 24.5 Å². The van der Waals surface area contributed by atoms with Gasteiger partial charge in [0.05, 0.1) is 18.7 Å². The minimum Gasteiger partial charge on any atom is -0.487 e. The van der Waals surface area contributed by atoms with Crippen LogP contribution in [0.25, 0.3) is 10.9 Å². The summed E-state index contributed by atoms with van der Waals surface area (Å²) in [5.74, 6) is 1.15.